The van der Waals surface area contributed by atoms with Crippen molar-refractivity contribution in [2.75, 3.05) is 5.73 Å². The lowest BCUT2D eigenvalue weighted by Gasteiger charge is -2.12. The number of anilines is 1. The van der Waals surface area contributed by atoms with Crippen LogP contribution in [-0.4, -0.2) is 5.24 Å². The van der Waals surface area contributed by atoms with Crippen molar-refractivity contribution in [3.63, 3.8) is 0 Å². The number of nitrogen functional groups attached to an aromatic ring is 1. The van der Waals surface area contributed by atoms with E-state index in [9.17, 15) is 18.0 Å². The molecule has 0 bridgehead atoms. The van der Waals surface area contributed by atoms with Gasteiger partial charge in [-0.15, -0.1) is 0 Å². The Hall–Kier alpha value is -0.940. The van der Waals surface area contributed by atoms with Crippen LogP contribution in [0.3, 0.4) is 0 Å². The van der Waals surface area contributed by atoms with Crippen molar-refractivity contribution in [2.24, 2.45) is 0 Å². The van der Waals surface area contributed by atoms with E-state index in [2.05, 4.69) is 0 Å². The highest BCUT2D eigenvalue weighted by Crippen LogP contribution is 2.37. The molecular formula is C8H4Cl2F3NO. The van der Waals surface area contributed by atoms with E-state index < -0.39 is 28.2 Å². The van der Waals surface area contributed by atoms with E-state index in [0.29, 0.717) is 6.07 Å². The zero-order valence-corrected chi connectivity index (χ0v) is 8.54. The first-order valence-corrected chi connectivity index (χ1v) is 4.35. The van der Waals surface area contributed by atoms with Gasteiger partial charge in [0.1, 0.15) is 0 Å². The molecule has 0 unspecified atom stereocenters. The second-order valence-corrected chi connectivity index (χ2v) is 3.47. The second kappa shape index (κ2) is 3.90. The van der Waals surface area contributed by atoms with E-state index in [-0.39, 0.29) is 5.02 Å². The fourth-order valence-corrected chi connectivity index (χ4v) is 1.39. The number of nitrogens with two attached hydrogens (primary N) is 1. The van der Waals surface area contributed by atoms with Crippen LogP contribution in [0.5, 0.6) is 0 Å². The number of rotatable bonds is 1. The second-order valence-electron chi connectivity index (χ2n) is 2.69. The van der Waals surface area contributed by atoms with Gasteiger partial charge in [0.05, 0.1) is 16.8 Å². The zero-order chi connectivity index (χ0) is 11.8. The molecule has 82 valence electrons. The quantitative estimate of drug-likeness (QED) is 0.620. The average Bonchev–Trinajstić information content (AvgIpc) is 2.06. The van der Waals surface area contributed by atoms with Crippen LogP contribution >= 0.6 is 23.2 Å². The van der Waals surface area contributed by atoms with Crippen LogP contribution in [0.2, 0.25) is 5.02 Å². The minimum Gasteiger partial charge on any atom is -0.398 e. The molecule has 0 amide bonds. The summed E-state index contributed by atoms with van der Waals surface area (Å²) in [5, 5.41) is -1.33. The largest absolute Gasteiger partial charge is 0.418 e. The fourth-order valence-electron chi connectivity index (χ4n) is 1.02. The van der Waals surface area contributed by atoms with Gasteiger partial charge in [0.2, 0.25) is 0 Å². The molecule has 0 fully saturated rings. The molecule has 15 heavy (non-hydrogen) atoms. The Morgan fingerprint density at radius 1 is 1.33 bits per heavy atom. The normalized spacial score (nSPS) is 11.5. The monoisotopic (exact) mass is 257 g/mol. The standard InChI is InChI=1S/C8H4Cl2F3NO/c9-3-1-4(7(10)15)6(14)5(2-3)8(11,12)13/h1-2H,14H2. The van der Waals surface area contributed by atoms with Gasteiger partial charge in [-0.1, -0.05) is 11.6 Å². The molecule has 0 aliphatic heterocycles. The highest BCUT2D eigenvalue weighted by atomic mass is 35.5. The van der Waals surface area contributed by atoms with Gasteiger partial charge in [0.25, 0.3) is 5.24 Å². The van der Waals surface area contributed by atoms with Crippen molar-refractivity contribution in [3.05, 3.63) is 28.3 Å². The predicted octanol–water partition coefficient (Wildman–Crippen LogP) is 3.32. The maximum Gasteiger partial charge on any atom is 0.418 e. The molecule has 1 aromatic rings. The first kappa shape index (κ1) is 12.1. The summed E-state index contributed by atoms with van der Waals surface area (Å²) < 4.78 is 37.1. The van der Waals surface area contributed by atoms with E-state index in [4.69, 9.17) is 28.9 Å². The Balaban J connectivity index is 3.49. The molecular weight excluding hydrogens is 254 g/mol. The Morgan fingerprint density at radius 3 is 2.27 bits per heavy atom. The molecule has 1 aromatic carbocycles. The van der Waals surface area contributed by atoms with Crippen molar-refractivity contribution >= 4 is 34.1 Å². The number of carbonyl (C=O) groups is 1. The number of carbonyl (C=O) groups excluding carboxylic acids is 1. The summed E-state index contributed by atoms with van der Waals surface area (Å²) in [5.41, 5.74) is 2.82. The first-order valence-electron chi connectivity index (χ1n) is 3.59. The minimum atomic E-state index is -4.67. The van der Waals surface area contributed by atoms with Crippen LogP contribution in [0.1, 0.15) is 15.9 Å². The number of benzene rings is 1. The van der Waals surface area contributed by atoms with E-state index in [0.717, 1.165) is 6.07 Å². The average molecular weight is 258 g/mol. The molecule has 0 aromatic heterocycles. The summed E-state index contributed by atoms with van der Waals surface area (Å²) >= 11 is 10.5. The molecule has 0 spiro atoms. The maximum atomic E-state index is 12.4. The lowest BCUT2D eigenvalue weighted by atomic mass is 10.1. The van der Waals surface area contributed by atoms with Gasteiger partial charge in [-0.3, -0.25) is 4.79 Å². The van der Waals surface area contributed by atoms with Crippen molar-refractivity contribution in [1.29, 1.82) is 0 Å². The molecule has 0 atom stereocenters. The van der Waals surface area contributed by atoms with E-state index in [1.54, 1.807) is 0 Å². The smallest absolute Gasteiger partial charge is 0.398 e. The summed E-state index contributed by atoms with van der Waals surface area (Å²) in [7, 11) is 0. The Kier molecular flexibility index (Phi) is 3.16. The molecule has 0 heterocycles. The predicted molar refractivity (Wildman–Crippen MR) is 51.0 cm³/mol. The number of halogens is 5. The molecule has 0 saturated carbocycles. The summed E-state index contributed by atoms with van der Waals surface area (Å²) in [4.78, 5) is 10.8. The van der Waals surface area contributed by atoms with Crippen LogP contribution in [0.15, 0.2) is 12.1 Å². The van der Waals surface area contributed by atoms with Crippen molar-refractivity contribution in [1.82, 2.24) is 0 Å². The van der Waals surface area contributed by atoms with Gasteiger partial charge >= 0.3 is 6.18 Å². The molecule has 0 saturated heterocycles. The minimum absolute atomic E-state index is 0.250. The maximum absolute atomic E-state index is 12.4. The SMILES string of the molecule is Nc1c(C(=O)Cl)cc(Cl)cc1C(F)(F)F. The number of hydrogen-bond donors (Lipinski definition) is 1. The third kappa shape index (κ3) is 2.54. The highest BCUT2D eigenvalue weighted by molar-refractivity contribution is 6.68. The fraction of sp³-hybridized carbons (Fsp3) is 0.125. The highest BCUT2D eigenvalue weighted by Gasteiger charge is 2.34. The lowest BCUT2D eigenvalue weighted by Crippen LogP contribution is -2.12. The third-order valence-electron chi connectivity index (χ3n) is 1.66. The van der Waals surface area contributed by atoms with Gasteiger partial charge in [-0.25, -0.2) is 0 Å². The van der Waals surface area contributed by atoms with Gasteiger partial charge < -0.3 is 5.73 Å². The van der Waals surface area contributed by atoms with Crippen molar-refractivity contribution in [2.45, 2.75) is 6.18 Å². The van der Waals surface area contributed by atoms with E-state index >= 15 is 0 Å². The molecule has 0 radical (unpaired) electrons. The van der Waals surface area contributed by atoms with Gasteiger partial charge in [0.15, 0.2) is 0 Å². The summed E-state index contributed by atoms with van der Waals surface area (Å²) in [6.45, 7) is 0. The molecule has 7 heteroatoms. The lowest BCUT2D eigenvalue weighted by molar-refractivity contribution is -0.136. The van der Waals surface area contributed by atoms with Crippen LogP contribution < -0.4 is 5.73 Å². The molecule has 2 nitrogen and oxygen atoms in total. The van der Waals surface area contributed by atoms with E-state index in [1.165, 1.54) is 0 Å². The Labute approximate surface area is 92.8 Å². The van der Waals surface area contributed by atoms with Crippen molar-refractivity contribution < 1.29 is 18.0 Å². The molecule has 2 N–H and O–H groups in total. The summed E-state index contributed by atoms with van der Waals surface area (Å²) in [6, 6.07) is 1.63. The first-order chi connectivity index (χ1) is 6.73. The van der Waals surface area contributed by atoms with Gasteiger partial charge in [-0.2, -0.15) is 13.2 Å². The Bertz CT molecular complexity index is 417. The van der Waals surface area contributed by atoms with Gasteiger partial charge in [0, 0.05) is 5.02 Å². The van der Waals surface area contributed by atoms with Crippen LogP contribution in [-0.2, 0) is 6.18 Å². The summed E-state index contributed by atoms with van der Waals surface area (Å²) in [5.74, 6) is 0. The van der Waals surface area contributed by atoms with Crippen molar-refractivity contribution in [3.8, 4) is 0 Å². The summed E-state index contributed by atoms with van der Waals surface area (Å²) in [6.07, 6.45) is -4.67. The van der Waals surface area contributed by atoms with Crippen LogP contribution in [0, 0.1) is 0 Å². The van der Waals surface area contributed by atoms with Gasteiger partial charge in [-0.05, 0) is 23.7 Å². The number of alkyl halides is 3. The van der Waals surface area contributed by atoms with E-state index in [1.807, 2.05) is 0 Å². The molecule has 0 aliphatic rings. The molecule has 1 rings (SSSR count). The third-order valence-corrected chi connectivity index (χ3v) is 2.08. The van der Waals surface area contributed by atoms with Crippen LogP contribution in [0.25, 0.3) is 0 Å². The zero-order valence-electron chi connectivity index (χ0n) is 7.03. The molecule has 0 aliphatic carbocycles. The number of hydrogen-bond acceptors (Lipinski definition) is 2. The topological polar surface area (TPSA) is 43.1 Å². The van der Waals surface area contributed by atoms with Crippen LogP contribution in [0.4, 0.5) is 18.9 Å². The Morgan fingerprint density at radius 2 is 1.87 bits per heavy atom.